The van der Waals surface area contributed by atoms with Gasteiger partial charge in [0.05, 0.1) is 6.61 Å². The van der Waals surface area contributed by atoms with E-state index in [1.807, 2.05) is 0 Å². The first kappa shape index (κ1) is 11.9. The summed E-state index contributed by atoms with van der Waals surface area (Å²) in [6.45, 7) is 1.39. The topological polar surface area (TPSA) is 29.5 Å². The van der Waals surface area contributed by atoms with E-state index in [4.69, 9.17) is 9.84 Å². The molecule has 0 amide bonds. The molecule has 2 nitrogen and oxygen atoms in total. The van der Waals surface area contributed by atoms with E-state index in [0.717, 1.165) is 26.1 Å². The van der Waals surface area contributed by atoms with Crippen LogP contribution >= 0.6 is 11.8 Å². The third-order valence-electron chi connectivity index (χ3n) is 2.67. The molecule has 2 rings (SSSR count). The smallest absolute Gasteiger partial charge is 0.137 e. The molecule has 4 heteroatoms. The predicted octanol–water partition coefficient (Wildman–Crippen LogP) is 2.59. The number of aliphatic hydroxyl groups excluding tert-OH is 1. The molecule has 1 saturated heterocycles. The summed E-state index contributed by atoms with van der Waals surface area (Å²) in [6.07, 6.45) is 1.90. The molecule has 0 aromatic heterocycles. The molecule has 0 unspecified atom stereocenters. The second-order valence-corrected chi connectivity index (χ2v) is 5.13. The number of thioether (sulfide) groups is 1. The maximum Gasteiger partial charge on any atom is 0.137 e. The van der Waals surface area contributed by atoms with Crippen LogP contribution in [0.5, 0.6) is 0 Å². The van der Waals surface area contributed by atoms with Crippen LogP contribution in [0.25, 0.3) is 0 Å². The van der Waals surface area contributed by atoms with Gasteiger partial charge in [-0.05, 0) is 24.5 Å². The van der Waals surface area contributed by atoms with E-state index in [-0.39, 0.29) is 12.4 Å². The number of aliphatic hydroxyl groups is 1. The van der Waals surface area contributed by atoms with Crippen molar-refractivity contribution in [2.45, 2.75) is 29.6 Å². The summed E-state index contributed by atoms with van der Waals surface area (Å²) in [5.41, 5.74) is 0.677. The summed E-state index contributed by atoms with van der Waals surface area (Å²) < 4.78 is 18.9. The highest BCUT2D eigenvalue weighted by Gasteiger charge is 2.18. The Hall–Kier alpha value is -0.580. The summed E-state index contributed by atoms with van der Waals surface area (Å²) in [6, 6.07) is 4.85. The summed E-state index contributed by atoms with van der Waals surface area (Å²) in [7, 11) is 0. The van der Waals surface area contributed by atoms with Gasteiger partial charge in [0, 0.05) is 23.4 Å². The summed E-state index contributed by atoms with van der Waals surface area (Å²) in [4.78, 5) is 0.594. The Morgan fingerprint density at radius 1 is 1.38 bits per heavy atom. The number of ether oxygens (including phenoxy) is 1. The molecule has 16 heavy (non-hydrogen) atoms. The Kier molecular flexibility index (Phi) is 4.21. The maximum absolute atomic E-state index is 13.6. The zero-order chi connectivity index (χ0) is 11.4. The average molecular weight is 242 g/mol. The lowest BCUT2D eigenvalue weighted by Gasteiger charge is -2.22. The highest BCUT2D eigenvalue weighted by Crippen LogP contribution is 2.33. The Morgan fingerprint density at radius 3 is 2.81 bits per heavy atom. The number of benzene rings is 1. The van der Waals surface area contributed by atoms with Gasteiger partial charge in [-0.3, -0.25) is 0 Å². The molecule has 0 atom stereocenters. The van der Waals surface area contributed by atoms with Gasteiger partial charge in [-0.25, -0.2) is 4.39 Å². The number of hydrogen-bond acceptors (Lipinski definition) is 3. The molecule has 1 heterocycles. The Morgan fingerprint density at radius 2 is 2.12 bits per heavy atom. The highest BCUT2D eigenvalue weighted by molar-refractivity contribution is 8.00. The van der Waals surface area contributed by atoms with E-state index in [1.165, 1.54) is 17.8 Å². The molecule has 1 aliphatic heterocycles. The third kappa shape index (κ3) is 2.75. The average Bonchev–Trinajstić information content (AvgIpc) is 2.33. The first-order valence-corrected chi connectivity index (χ1v) is 6.32. The van der Waals surface area contributed by atoms with E-state index in [1.54, 1.807) is 12.1 Å². The van der Waals surface area contributed by atoms with Gasteiger partial charge in [0.2, 0.25) is 0 Å². The van der Waals surface area contributed by atoms with Gasteiger partial charge < -0.3 is 9.84 Å². The van der Waals surface area contributed by atoms with Gasteiger partial charge in [0.25, 0.3) is 0 Å². The van der Waals surface area contributed by atoms with Crippen molar-refractivity contribution in [2.75, 3.05) is 13.2 Å². The van der Waals surface area contributed by atoms with Crippen molar-refractivity contribution in [1.82, 2.24) is 0 Å². The maximum atomic E-state index is 13.6. The first-order chi connectivity index (χ1) is 7.81. The monoisotopic (exact) mass is 242 g/mol. The van der Waals surface area contributed by atoms with E-state index in [0.29, 0.717) is 15.7 Å². The van der Waals surface area contributed by atoms with Crippen molar-refractivity contribution in [3.8, 4) is 0 Å². The molecular formula is C12H15FO2S. The number of halogens is 1. The fourth-order valence-corrected chi connectivity index (χ4v) is 3.00. The van der Waals surface area contributed by atoms with Gasteiger partial charge in [-0.2, -0.15) is 0 Å². The van der Waals surface area contributed by atoms with Crippen molar-refractivity contribution in [1.29, 1.82) is 0 Å². The van der Waals surface area contributed by atoms with Crippen LogP contribution in [0.3, 0.4) is 0 Å². The zero-order valence-corrected chi connectivity index (χ0v) is 9.80. The lowest BCUT2D eigenvalue weighted by molar-refractivity contribution is 0.1000. The molecule has 0 aliphatic carbocycles. The van der Waals surface area contributed by atoms with E-state index < -0.39 is 0 Å². The molecular weight excluding hydrogens is 227 g/mol. The molecule has 0 bridgehead atoms. The second-order valence-electron chi connectivity index (χ2n) is 3.82. The minimum atomic E-state index is -0.233. The van der Waals surface area contributed by atoms with E-state index in [2.05, 4.69) is 0 Å². The van der Waals surface area contributed by atoms with Gasteiger partial charge >= 0.3 is 0 Å². The largest absolute Gasteiger partial charge is 0.392 e. The van der Waals surface area contributed by atoms with Gasteiger partial charge in [-0.1, -0.05) is 12.1 Å². The highest BCUT2D eigenvalue weighted by atomic mass is 32.2. The summed E-state index contributed by atoms with van der Waals surface area (Å²) in [5, 5.41) is 9.57. The first-order valence-electron chi connectivity index (χ1n) is 5.44. The van der Waals surface area contributed by atoms with Crippen LogP contribution in [0.1, 0.15) is 18.4 Å². The quantitative estimate of drug-likeness (QED) is 0.883. The van der Waals surface area contributed by atoms with E-state index in [9.17, 15) is 4.39 Å². The minimum Gasteiger partial charge on any atom is -0.392 e. The number of hydrogen-bond donors (Lipinski definition) is 1. The molecule has 88 valence electrons. The molecule has 0 spiro atoms. The van der Waals surface area contributed by atoms with Crippen LogP contribution in [0, 0.1) is 5.82 Å². The van der Waals surface area contributed by atoms with Gasteiger partial charge in [0.1, 0.15) is 5.82 Å². The van der Waals surface area contributed by atoms with Crippen molar-refractivity contribution < 1.29 is 14.2 Å². The molecule has 1 N–H and O–H groups in total. The Bertz CT molecular complexity index is 351. The van der Waals surface area contributed by atoms with Gasteiger partial charge in [0.15, 0.2) is 0 Å². The fraction of sp³-hybridized carbons (Fsp3) is 0.500. The lowest BCUT2D eigenvalue weighted by atomic mass is 10.2. The van der Waals surface area contributed by atoms with Crippen molar-refractivity contribution in [3.63, 3.8) is 0 Å². The SMILES string of the molecule is OCc1cccc(F)c1SC1CCOCC1. The summed E-state index contributed by atoms with van der Waals surface area (Å²) in [5.74, 6) is -0.233. The zero-order valence-electron chi connectivity index (χ0n) is 8.99. The lowest BCUT2D eigenvalue weighted by Crippen LogP contribution is -2.17. The van der Waals surface area contributed by atoms with Crippen LogP contribution in [0.4, 0.5) is 4.39 Å². The van der Waals surface area contributed by atoms with Crippen molar-refractivity contribution in [3.05, 3.63) is 29.6 Å². The van der Waals surface area contributed by atoms with Crippen LogP contribution in [-0.2, 0) is 11.3 Å². The van der Waals surface area contributed by atoms with Crippen LogP contribution < -0.4 is 0 Å². The van der Waals surface area contributed by atoms with Crippen LogP contribution in [0.2, 0.25) is 0 Å². The number of rotatable bonds is 3. The Balaban J connectivity index is 2.12. The van der Waals surface area contributed by atoms with Crippen LogP contribution in [-0.4, -0.2) is 23.6 Å². The van der Waals surface area contributed by atoms with Crippen LogP contribution in [0.15, 0.2) is 23.1 Å². The molecule has 1 fully saturated rings. The van der Waals surface area contributed by atoms with E-state index >= 15 is 0 Å². The predicted molar refractivity (Wildman–Crippen MR) is 62.0 cm³/mol. The fourth-order valence-electron chi connectivity index (χ4n) is 1.77. The molecule has 0 saturated carbocycles. The normalized spacial score (nSPS) is 17.6. The summed E-state index contributed by atoms with van der Waals surface area (Å²) >= 11 is 1.53. The standard InChI is InChI=1S/C12H15FO2S/c13-11-3-1-2-9(8-14)12(11)16-10-4-6-15-7-5-10/h1-3,10,14H,4-8H2. The third-order valence-corrected chi connectivity index (χ3v) is 4.17. The molecule has 1 aromatic rings. The molecule has 1 aromatic carbocycles. The molecule has 0 radical (unpaired) electrons. The minimum absolute atomic E-state index is 0.108. The van der Waals surface area contributed by atoms with Gasteiger partial charge in [-0.15, -0.1) is 11.8 Å². The van der Waals surface area contributed by atoms with Crippen molar-refractivity contribution in [2.24, 2.45) is 0 Å². The molecule has 1 aliphatic rings. The second kappa shape index (κ2) is 5.66. The Labute approximate surface area is 98.8 Å². The van der Waals surface area contributed by atoms with Crippen molar-refractivity contribution >= 4 is 11.8 Å².